The molecule has 0 bridgehead atoms. The van der Waals surface area contributed by atoms with Crippen LogP contribution in [0, 0.1) is 6.92 Å². The zero-order valence-corrected chi connectivity index (χ0v) is 21.4. The average molecular weight is 486 g/mol. The standard InChI is InChI=1S/C28H31NO4S.Li.H/c1-20-8-6-7-11-23(20)25-18-22(19-33-16-14-21-9-4-3-5-10-21)12-13-24(25)27(30)29-26(28(31)32)15-17-34-2;;/h3-13,18,26H,14-17,19H2,1-2H3,(H,29,30)(H,31,32);;/q;+1;-1. The first kappa shape index (κ1) is 28.7. The van der Waals surface area contributed by atoms with Crippen molar-refractivity contribution in [3.63, 3.8) is 0 Å². The normalized spacial score (nSPS) is 11.4. The smallest absolute Gasteiger partial charge is 1.00 e. The van der Waals surface area contributed by atoms with Gasteiger partial charge in [0.1, 0.15) is 6.04 Å². The van der Waals surface area contributed by atoms with Crippen molar-refractivity contribution in [1.29, 1.82) is 0 Å². The molecule has 0 saturated heterocycles. The molecule has 0 radical (unpaired) electrons. The molecule has 2 N–H and O–H groups in total. The van der Waals surface area contributed by atoms with Crippen molar-refractivity contribution in [2.75, 3.05) is 18.6 Å². The Kier molecular flexibility index (Phi) is 12.2. The summed E-state index contributed by atoms with van der Waals surface area (Å²) in [6.07, 6.45) is 3.12. The quantitative estimate of drug-likeness (QED) is 0.305. The zero-order chi connectivity index (χ0) is 24.3. The number of nitrogens with one attached hydrogen (secondary N) is 1. The van der Waals surface area contributed by atoms with Crippen molar-refractivity contribution < 1.29 is 39.7 Å². The van der Waals surface area contributed by atoms with Crippen LogP contribution in [-0.2, 0) is 22.6 Å². The maximum Gasteiger partial charge on any atom is 1.00 e. The second-order valence-electron chi connectivity index (χ2n) is 8.13. The second kappa shape index (κ2) is 14.8. The molecule has 180 valence electrons. The number of carboxylic acids is 1. The number of amides is 1. The maximum absolute atomic E-state index is 13.1. The molecule has 3 aromatic rings. The van der Waals surface area contributed by atoms with Crippen LogP contribution in [0.2, 0.25) is 0 Å². The maximum atomic E-state index is 13.1. The van der Waals surface area contributed by atoms with Crippen molar-refractivity contribution in [3.8, 4) is 11.1 Å². The Labute approximate surface area is 225 Å². The first-order chi connectivity index (χ1) is 16.5. The number of carbonyl (C=O) groups is 2. The van der Waals surface area contributed by atoms with Gasteiger partial charge >= 0.3 is 24.8 Å². The molecule has 0 aliphatic heterocycles. The minimum absolute atomic E-state index is 0. The predicted octanol–water partition coefficient (Wildman–Crippen LogP) is 2.47. The van der Waals surface area contributed by atoms with E-state index in [0.717, 1.165) is 28.7 Å². The van der Waals surface area contributed by atoms with Crippen molar-refractivity contribution in [2.45, 2.75) is 32.4 Å². The number of aryl methyl sites for hydroxylation is 1. The Morgan fingerprint density at radius 2 is 1.71 bits per heavy atom. The van der Waals surface area contributed by atoms with E-state index < -0.39 is 12.0 Å². The van der Waals surface area contributed by atoms with E-state index in [2.05, 4.69) is 17.4 Å². The molecule has 0 spiro atoms. The minimum Gasteiger partial charge on any atom is -1.00 e. The van der Waals surface area contributed by atoms with Gasteiger partial charge in [-0.3, -0.25) is 4.79 Å². The summed E-state index contributed by atoms with van der Waals surface area (Å²) in [7, 11) is 0. The number of thioether (sulfide) groups is 1. The molecule has 1 unspecified atom stereocenters. The number of hydrogen-bond acceptors (Lipinski definition) is 4. The van der Waals surface area contributed by atoms with E-state index in [9.17, 15) is 14.7 Å². The summed E-state index contributed by atoms with van der Waals surface area (Å²) in [5, 5.41) is 12.2. The Hall–Kier alpha value is -2.49. The molecule has 3 rings (SSSR count). The summed E-state index contributed by atoms with van der Waals surface area (Å²) < 4.78 is 5.90. The van der Waals surface area contributed by atoms with Gasteiger partial charge in [-0.2, -0.15) is 11.8 Å². The van der Waals surface area contributed by atoms with E-state index in [1.807, 2.05) is 67.8 Å². The van der Waals surface area contributed by atoms with Gasteiger partial charge in [0.05, 0.1) is 13.2 Å². The van der Waals surface area contributed by atoms with E-state index >= 15 is 0 Å². The van der Waals surface area contributed by atoms with E-state index in [0.29, 0.717) is 31.0 Å². The van der Waals surface area contributed by atoms with Crippen LogP contribution >= 0.6 is 11.8 Å². The second-order valence-corrected chi connectivity index (χ2v) is 9.11. The molecular formula is C28H32LiNO4S. The number of hydrogen-bond donors (Lipinski definition) is 2. The predicted molar refractivity (Wildman–Crippen MR) is 139 cm³/mol. The Balaban J connectivity index is 0.00000324. The molecule has 0 aliphatic rings. The van der Waals surface area contributed by atoms with Crippen LogP contribution < -0.4 is 24.2 Å². The fraction of sp³-hybridized carbons (Fsp3) is 0.286. The van der Waals surface area contributed by atoms with Gasteiger partial charge in [0.25, 0.3) is 5.91 Å². The molecule has 0 heterocycles. The number of ether oxygens (including phenoxy) is 1. The van der Waals surface area contributed by atoms with Gasteiger partial charge in [0.15, 0.2) is 0 Å². The molecule has 7 heteroatoms. The van der Waals surface area contributed by atoms with Gasteiger partial charge in [-0.1, -0.05) is 60.7 Å². The number of aliphatic carboxylic acids is 1. The number of carboxylic acid groups (broad SMARTS) is 1. The van der Waals surface area contributed by atoms with Gasteiger partial charge in [-0.15, -0.1) is 0 Å². The van der Waals surface area contributed by atoms with Crippen LogP contribution in [0.5, 0.6) is 0 Å². The van der Waals surface area contributed by atoms with Crippen LogP contribution in [0.25, 0.3) is 11.1 Å². The first-order valence-electron chi connectivity index (χ1n) is 11.3. The summed E-state index contributed by atoms with van der Waals surface area (Å²) in [4.78, 5) is 24.8. The third-order valence-corrected chi connectivity index (χ3v) is 6.27. The Morgan fingerprint density at radius 1 is 1.00 bits per heavy atom. The molecule has 0 aliphatic carbocycles. The van der Waals surface area contributed by atoms with Gasteiger partial charge in [-0.05, 0) is 71.7 Å². The van der Waals surface area contributed by atoms with Crippen LogP contribution in [0.3, 0.4) is 0 Å². The average Bonchev–Trinajstić information content (AvgIpc) is 2.85. The Bertz CT molecular complexity index is 1110. The number of benzene rings is 3. The summed E-state index contributed by atoms with van der Waals surface area (Å²) in [6.45, 7) is 3.03. The van der Waals surface area contributed by atoms with Crippen LogP contribution in [0.15, 0.2) is 72.8 Å². The SMILES string of the molecule is CSCCC(NC(=O)c1ccc(COCCc2ccccc2)cc1-c1ccccc1C)C(=O)O.[H-].[Li+]. The summed E-state index contributed by atoms with van der Waals surface area (Å²) >= 11 is 1.55. The van der Waals surface area contributed by atoms with Crippen molar-refractivity contribution in [3.05, 3.63) is 95.1 Å². The van der Waals surface area contributed by atoms with E-state index in [-0.39, 0.29) is 26.2 Å². The van der Waals surface area contributed by atoms with Crippen LogP contribution in [0.4, 0.5) is 0 Å². The van der Waals surface area contributed by atoms with Gasteiger partial charge in [-0.25, -0.2) is 4.79 Å². The fourth-order valence-electron chi connectivity index (χ4n) is 3.73. The van der Waals surface area contributed by atoms with Crippen LogP contribution in [-0.4, -0.2) is 41.6 Å². The Morgan fingerprint density at radius 3 is 2.40 bits per heavy atom. The molecule has 35 heavy (non-hydrogen) atoms. The summed E-state index contributed by atoms with van der Waals surface area (Å²) in [5.74, 6) is -0.757. The fourth-order valence-corrected chi connectivity index (χ4v) is 4.20. The largest absolute Gasteiger partial charge is 1.00 e. The van der Waals surface area contributed by atoms with Gasteiger partial charge < -0.3 is 16.6 Å². The van der Waals surface area contributed by atoms with Gasteiger partial charge in [0, 0.05) is 5.56 Å². The third-order valence-electron chi connectivity index (χ3n) is 5.62. The molecule has 5 nitrogen and oxygen atoms in total. The molecule has 1 atom stereocenters. The zero-order valence-electron chi connectivity index (χ0n) is 21.6. The topological polar surface area (TPSA) is 75.6 Å². The third kappa shape index (κ3) is 8.59. The van der Waals surface area contributed by atoms with Crippen molar-refractivity contribution in [1.82, 2.24) is 5.32 Å². The molecular weight excluding hydrogens is 453 g/mol. The summed E-state index contributed by atoms with van der Waals surface area (Å²) in [5.41, 5.74) is 5.39. The van der Waals surface area contributed by atoms with E-state index in [1.165, 1.54) is 5.56 Å². The van der Waals surface area contributed by atoms with E-state index in [4.69, 9.17) is 4.74 Å². The molecule has 1 amide bonds. The first-order valence-corrected chi connectivity index (χ1v) is 12.7. The number of rotatable bonds is 12. The van der Waals surface area contributed by atoms with Crippen molar-refractivity contribution >= 4 is 23.6 Å². The molecule has 0 aromatic heterocycles. The van der Waals surface area contributed by atoms with Crippen molar-refractivity contribution in [2.24, 2.45) is 0 Å². The molecule has 0 saturated carbocycles. The van der Waals surface area contributed by atoms with Crippen LogP contribution in [0.1, 0.15) is 34.9 Å². The monoisotopic (exact) mass is 485 g/mol. The summed E-state index contributed by atoms with van der Waals surface area (Å²) in [6, 6.07) is 22.7. The molecule has 0 fully saturated rings. The molecule has 3 aromatic carbocycles. The van der Waals surface area contributed by atoms with E-state index in [1.54, 1.807) is 17.8 Å². The minimum atomic E-state index is -1.02. The number of carbonyl (C=O) groups excluding carboxylic acids is 1. The van der Waals surface area contributed by atoms with Gasteiger partial charge in [0.2, 0.25) is 0 Å².